The van der Waals surface area contributed by atoms with Gasteiger partial charge in [0.2, 0.25) is 11.8 Å². The lowest BCUT2D eigenvalue weighted by Gasteiger charge is -2.10. The molecule has 3 aromatic rings. The quantitative estimate of drug-likeness (QED) is 0.738. The highest BCUT2D eigenvalue weighted by Gasteiger charge is 2.41. The van der Waals surface area contributed by atoms with Gasteiger partial charge in [0, 0.05) is 35.3 Å². The van der Waals surface area contributed by atoms with Gasteiger partial charge in [-0.05, 0) is 18.2 Å². The van der Waals surface area contributed by atoms with Crippen molar-refractivity contribution in [1.82, 2.24) is 4.98 Å². The number of nitrogens with one attached hydrogen (secondary N) is 1. The molecule has 0 saturated heterocycles. The van der Waals surface area contributed by atoms with Crippen LogP contribution in [-0.2, 0) is 9.59 Å². The first-order valence-electron chi connectivity index (χ1n) is 6.64. The maximum atomic E-state index is 12.5. The molecule has 1 unspecified atom stereocenters. The first kappa shape index (κ1) is 13.0. The minimum Gasteiger partial charge on any atom is -0.464 e. The molecule has 4 rings (SSSR count). The second-order valence-corrected chi connectivity index (χ2v) is 5.92. The van der Waals surface area contributed by atoms with Gasteiger partial charge in [-0.15, -0.1) is 11.3 Å². The molecule has 1 aromatic carbocycles. The largest absolute Gasteiger partial charge is 0.464 e. The number of aromatic nitrogens is 1. The number of nitrogens with zero attached hydrogens (tertiary/aromatic N) is 2. The van der Waals surface area contributed by atoms with Crippen molar-refractivity contribution in [1.29, 1.82) is 0 Å². The van der Waals surface area contributed by atoms with E-state index < -0.39 is 5.92 Å². The Morgan fingerprint density at radius 3 is 3.09 bits per heavy atom. The fourth-order valence-electron chi connectivity index (χ4n) is 2.70. The number of carbonyl (C=O) groups is 2. The average molecular weight is 313 g/mol. The molecule has 1 aliphatic rings. The van der Waals surface area contributed by atoms with Crippen LogP contribution in [0.3, 0.4) is 0 Å². The molecule has 6 nitrogen and oxygen atoms in total. The molecule has 0 aliphatic carbocycles. The number of hydrogen-bond acceptors (Lipinski definition) is 5. The SMILES string of the molecule is CN1C(=O)C(C(=O)Nc2nccs2)c2cc3occc3cc21. The second kappa shape index (κ2) is 4.67. The van der Waals surface area contributed by atoms with Crippen LogP contribution in [0.4, 0.5) is 10.8 Å². The van der Waals surface area contributed by atoms with Crippen LogP contribution < -0.4 is 10.2 Å². The Morgan fingerprint density at radius 1 is 1.45 bits per heavy atom. The molecule has 0 saturated carbocycles. The number of hydrogen-bond donors (Lipinski definition) is 1. The molecule has 1 aliphatic heterocycles. The zero-order chi connectivity index (χ0) is 15.3. The molecule has 22 heavy (non-hydrogen) atoms. The van der Waals surface area contributed by atoms with E-state index in [1.807, 2.05) is 12.1 Å². The molecule has 2 aromatic heterocycles. The molecule has 110 valence electrons. The number of benzene rings is 1. The summed E-state index contributed by atoms with van der Waals surface area (Å²) in [6.45, 7) is 0. The lowest BCUT2D eigenvalue weighted by molar-refractivity contribution is -0.126. The van der Waals surface area contributed by atoms with Gasteiger partial charge in [-0.1, -0.05) is 0 Å². The Balaban J connectivity index is 1.77. The predicted octanol–water partition coefficient (Wildman–Crippen LogP) is 2.59. The van der Waals surface area contributed by atoms with Crippen LogP contribution in [0.25, 0.3) is 11.0 Å². The van der Waals surface area contributed by atoms with Crippen molar-refractivity contribution in [3.8, 4) is 0 Å². The van der Waals surface area contributed by atoms with Crippen LogP contribution in [0.15, 0.2) is 40.5 Å². The van der Waals surface area contributed by atoms with Crippen molar-refractivity contribution in [2.75, 3.05) is 17.3 Å². The number of anilines is 2. The van der Waals surface area contributed by atoms with Gasteiger partial charge < -0.3 is 14.6 Å². The summed E-state index contributed by atoms with van der Waals surface area (Å²) in [5, 5.41) is 5.83. The first-order valence-corrected chi connectivity index (χ1v) is 7.52. The molecular formula is C15H11N3O3S. The summed E-state index contributed by atoms with van der Waals surface area (Å²) >= 11 is 1.31. The highest BCUT2D eigenvalue weighted by molar-refractivity contribution is 7.13. The Kier molecular flexibility index (Phi) is 2.77. The van der Waals surface area contributed by atoms with E-state index in [9.17, 15) is 9.59 Å². The third kappa shape index (κ3) is 1.82. The summed E-state index contributed by atoms with van der Waals surface area (Å²) in [4.78, 5) is 30.5. The Hall–Kier alpha value is -2.67. The molecule has 3 heterocycles. The molecule has 2 amide bonds. The van der Waals surface area contributed by atoms with Crippen LogP contribution in [0.2, 0.25) is 0 Å². The molecule has 1 N–H and O–H groups in total. The number of furan rings is 1. The van der Waals surface area contributed by atoms with E-state index in [0.29, 0.717) is 16.3 Å². The fraction of sp³-hybridized carbons (Fsp3) is 0.133. The van der Waals surface area contributed by atoms with Crippen molar-refractivity contribution in [3.63, 3.8) is 0 Å². The Labute approximate surface area is 129 Å². The fourth-order valence-corrected chi connectivity index (χ4v) is 3.23. The third-order valence-corrected chi connectivity index (χ3v) is 4.46. The number of rotatable bonds is 2. The van der Waals surface area contributed by atoms with Gasteiger partial charge in [0.05, 0.1) is 6.26 Å². The van der Waals surface area contributed by atoms with Crippen LogP contribution >= 0.6 is 11.3 Å². The zero-order valence-corrected chi connectivity index (χ0v) is 12.4. The number of thiazole rings is 1. The van der Waals surface area contributed by atoms with Gasteiger partial charge in [0.15, 0.2) is 5.13 Å². The summed E-state index contributed by atoms with van der Waals surface area (Å²) in [7, 11) is 1.67. The summed E-state index contributed by atoms with van der Waals surface area (Å²) in [5.41, 5.74) is 2.05. The maximum Gasteiger partial charge on any atom is 0.243 e. The maximum absolute atomic E-state index is 12.5. The van der Waals surface area contributed by atoms with E-state index in [-0.39, 0.29) is 11.8 Å². The highest BCUT2D eigenvalue weighted by Crippen LogP contribution is 2.40. The third-order valence-electron chi connectivity index (χ3n) is 3.78. The molecule has 0 fully saturated rings. The van der Waals surface area contributed by atoms with E-state index >= 15 is 0 Å². The lowest BCUT2D eigenvalue weighted by atomic mass is 9.99. The Morgan fingerprint density at radius 2 is 2.32 bits per heavy atom. The monoisotopic (exact) mass is 313 g/mol. The van der Waals surface area contributed by atoms with Gasteiger partial charge in [-0.2, -0.15) is 0 Å². The number of carbonyl (C=O) groups excluding carboxylic acids is 2. The summed E-state index contributed by atoms with van der Waals surface area (Å²) in [6.07, 6.45) is 3.19. The summed E-state index contributed by atoms with van der Waals surface area (Å²) in [6, 6.07) is 5.46. The van der Waals surface area contributed by atoms with Gasteiger partial charge in [-0.3, -0.25) is 9.59 Å². The van der Waals surface area contributed by atoms with E-state index in [2.05, 4.69) is 10.3 Å². The van der Waals surface area contributed by atoms with E-state index in [0.717, 1.165) is 11.1 Å². The van der Waals surface area contributed by atoms with Gasteiger partial charge in [0.1, 0.15) is 11.5 Å². The molecule has 0 spiro atoms. The predicted molar refractivity (Wildman–Crippen MR) is 83.1 cm³/mol. The van der Waals surface area contributed by atoms with Crippen molar-refractivity contribution in [2.24, 2.45) is 0 Å². The normalized spacial score (nSPS) is 17.0. The van der Waals surface area contributed by atoms with Crippen molar-refractivity contribution >= 4 is 44.9 Å². The van der Waals surface area contributed by atoms with Crippen molar-refractivity contribution in [3.05, 3.63) is 41.6 Å². The van der Waals surface area contributed by atoms with E-state index in [1.54, 1.807) is 31.0 Å². The van der Waals surface area contributed by atoms with Gasteiger partial charge in [0.25, 0.3) is 0 Å². The minimum atomic E-state index is -0.876. The molecule has 7 heteroatoms. The number of likely N-dealkylation sites (N-methyl/N-ethyl adjacent to an activating group) is 1. The standard InChI is InChI=1S/C15H11N3O3S/c1-18-10-6-8-2-4-21-11(8)7-9(10)12(14(18)20)13(19)17-15-16-3-5-22-15/h2-7,12H,1H3,(H,16,17,19). The molecule has 0 bridgehead atoms. The molecule has 1 atom stereocenters. The van der Waals surface area contributed by atoms with Crippen LogP contribution in [0, 0.1) is 0 Å². The molecular weight excluding hydrogens is 302 g/mol. The topological polar surface area (TPSA) is 75.4 Å². The van der Waals surface area contributed by atoms with Crippen LogP contribution in [0.5, 0.6) is 0 Å². The Bertz CT molecular complexity index is 885. The van der Waals surface area contributed by atoms with E-state index in [1.165, 1.54) is 16.2 Å². The zero-order valence-electron chi connectivity index (χ0n) is 11.6. The van der Waals surface area contributed by atoms with E-state index in [4.69, 9.17) is 4.42 Å². The van der Waals surface area contributed by atoms with Crippen molar-refractivity contribution in [2.45, 2.75) is 5.92 Å². The lowest BCUT2D eigenvalue weighted by Crippen LogP contribution is -2.31. The van der Waals surface area contributed by atoms with Gasteiger partial charge >= 0.3 is 0 Å². The van der Waals surface area contributed by atoms with Crippen LogP contribution in [-0.4, -0.2) is 23.8 Å². The number of amides is 2. The molecule has 0 radical (unpaired) electrons. The summed E-state index contributed by atoms with van der Waals surface area (Å²) in [5.74, 6) is -1.51. The van der Waals surface area contributed by atoms with Crippen molar-refractivity contribution < 1.29 is 14.0 Å². The smallest absolute Gasteiger partial charge is 0.243 e. The van der Waals surface area contributed by atoms with Crippen LogP contribution in [0.1, 0.15) is 11.5 Å². The summed E-state index contributed by atoms with van der Waals surface area (Å²) < 4.78 is 5.38. The minimum absolute atomic E-state index is 0.253. The first-order chi connectivity index (χ1) is 10.6. The highest BCUT2D eigenvalue weighted by atomic mass is 32.1. The average Bonchev–Trinajstić information content (AvgIpc) is 3.20. The van der Waals surface area contributed by atoms with Gasteiger partial charge in [-0.25, -0.2) is 4.98 Å². The second-order valence-electron chi connectivity index (χ2n) is 5.03. The number of fused-ring (bicyclic) bond motifs is 2.